The third-order valence-electron chi connectivity index (χ3n) is 8.73. The summed E-state index contributed by atoms with van der Waals surface area (Å²) in [6, 6.07) is 25.5. The molecule has 7 heteroatoms. The summed E-state index contributed by atoms with van der Waals surface area (Å²) in [6.07, 6.45) is -0.339. The minimum absolute atomic E-state index is 0.0160. The molecule has 2 amide bonds. The molecule has 0 aliphatic carbocycles. The summed E-state index contributed by atoms with van der Waals surface area (Å²) in [5, 5.41) is 11.2. The van der Waals surface area contributed by atoms with Gasteiger partial charge in [-0.05, 0) is 36.6 Å². The van der Waals surface area contributed by atoms with Crippen molar-refractivity contribution in [2.24, 2.45) is 13.0 Å². The highest BCUT2D eigenvalue weighted by molar-refractivity contribution is 6.10. The summed E-state index contributed by atoms with van der Waals surface area (Å²) in [4.78, 5) is 31.5. The maximum absolute atomic E-state index is 14.5. The third-order valence-corrected chi connectivity index (χ3v) is 8.73. The number of aliphatic hydroxyl groups is 1. The van der Waals surface area contributed by atoms with Crippen molar-refractivity contribution in [1.82, 2.24) is 14.4 Å². The van der Waals surface area contributed by atoms with Crippen LogP contribution in [0.3, 0.4) is 0 Å². The van der Waals surface area contributed by atoms with Gasteiger partial charge in [0.15, 0.2) is 0 Å². The lowest BCUT2D eigenvalue weighted by Gasteiger charge is -2.35. The van der Waals surface area contributed by atoms with Gasteiger partial charge in [-0.25, -0.2) is 0 Å². The molecule has 1 N–H and O–H groups in total. The van der Waals surface area contributed by atoms with Crippen LogP contribution < -0.4 is 0 Å². The molecule has 0 saturated heterocycles. The monoisotopic (exact) mass is 567 g/mol. The summed E-state index contributed by atoms with van der Waals surface area (Å²) in [5.41, 5.74) is 5.35. The maximum atomic E-state index is 14.5. The number of amides is 2. The van der Waals surface area contributed by atoms with Gasteiger partial charge in [0.25, 0.3) is 5.91 Å². The topological polar surface area (TPSA) is 75.0 Å². The van der Waals surface area contributed by atoms with Gasteiger partial charge in [-0.15, -0.1) is 0 Å². The second-order valence-electron chi connectivity index (χ2n) is 11.6. The Hall–Kier alpha value is -3.94. The van der Waals surface area contributed by atoms with E-state index >= 15 is 0 Å². The average Bonchev–Trinajstić information content (AvgIpc) is 3.31. The number of hydrogen-bond acceptors (Lipinski definition) is 4. The molecule has 4 aromatic rings. The third kappa shape index (κ3) is 5.59. The van der Waals surface area contributed by atoms with Gasteiger partial charge in [-0.3, -0.25) is 9.59 Å². The number of aromatic nitrogens is 1. The van der Waals surface area contributed by atoms with E-state index in [0.717, 1.165) is 33.2 Å². The van der Waals surface area contributed by atoms with Gasteiger partial charge < -0.3 is 24.2 Å². The second kappa shape index (κ2) is 12.5. The van der Waals surface area contributed by atoms with Crippen molar-refractivity contribution in [3.63, 3.8) is 0 Å². The molecule has 0 radical (unpaired) electrons. The standard InChI is InChI=1S/C35H41N3O4/c1-23-19-38(24(2)21-39)35(41)33-32(29-17-11-12-18-30(29)37(33)5)28-16-10-9-15-27(28)22-42-31(23)20-36(4)34(40)25(3)26-13-7-6-8-14-26/h6-18,23-25,31,39H,19-22H2,1-5H3/t23-,24-,25+,31+/m1/s1. The predicted molar refractivity (Wildman–Crippen MR) is 166 cm³/mol. The van der Waals surface area contributed by atoms with Crippen molar-refractivity contribution >= 4 is 22.7 Å². The maximum Gasteiger partial charge on any atom is 0.271 e. The van der Waals surface area contributed by atoms with Gasteiger partial charge in [0.05, 0.1) is 31.3 Å². The Morgan fingerprint density at radius 2 is 1.69 bits per heavy atom. The van der Waals surface area contributed by atoms with Crippen LogP contribution in [0.5, 0.6) is 0 Å². The van der Waals surface area contributed by atoms with E-state index < -0.39 is 6.04 Å². The number of hydrogen-bond donors (Lipinski definition) is 1. The first-order valence-electron chi connectivity index (χ1n) is 14.7. The zero-order valence-corrected chi connectivity index (χ0v) is 25.2. The van der Waals surface area contributed by atoms with E-state index in [1.807, 2.05) is 105 Å². The summed E-state index contributed by atoms with van der Waals surface area (Å²) < 4.78 is 8.62. The smallest absolute Gasteiger partial charge is 0.271 e. The Balaban J connectivity index is 1.55. The molecule has 1 aliphatic rings. The molecule has 42 heavy (non-hydrogen) atoms. The van der Waals surface area contributed by atoms with Crippen LogP contribution in [-0.2, 0) is 23.2 Å². The molecule has 1 aromatic heterocycles. The van der Waals surface area contributed by atoms with E-state index in [4.69, 9.17) is 4.74 Å². The zero-order chi connectivity index (χ0) is 30.0. The highest BCUT2D eigenvalue weighted by Gasteiger charge is 2.34. The molecule has 1 aliphatic heterocycles. The van der Waals surface area contributed by atoms with E-state index in [0.29, 0.717) is 25.4 Å². The highest BCUT2D eigenvalue weighted by Crippen LogP contribution is 2.38. The Bertz CT molecular complexity index is 1560. The van der Waals surface area contributed by atoms with Gasteiger partial charge >= 0.3 is 0 Å². The first kappa shape index (κ1) is 29.5. The number of carbonyl (C=O) groups is 2. The lowest BCUT2D eigenvalue weighted by atomic mass is 9.96. The number of ether oxygens (including phenoxy) is 1. The van der Waals surface area contributed by atoms with Crippen molar-refractivity contribution in [3.05, 3.63) is 95.7 Å². The van der Waals surface area contributed by atoms with Gasteiger partial charge in [0, 0.05) is 49.6 Å². The molecular formula is C35H41N3O4. The molecule has 4 atom stereocenters. The van der Waals surface area contributed by atoms with Crippen LogP contribution in [0.4, 0.5) is 0 Å². The molecule has 0 spiro atoms. The first-order valence-corrected chi connectivity index (χ1v) is 14.7. The largest absolute Gasteiger partial charge is 0.394 e. The fraction of sp³-hybridized carbons (Fsp3) is 0.371. The number of nitrogens with zero attached hydrogens (tertiary/aromatic N) is 3. The Morgan fingerprint density at radius 3 is 2.43 bits per heavy atom. The number of carbonyl (C=O) groups excluding carboxylic acids is 2. The molecule has 3 aromatic carbocycles. The van der Waals surface area contributed by atoms with Crippen LogP contribution in [0.2, 0.25) is 0 Å². The Kier molecular flexibility index (Phi) is 8.80. The number of fused-ring (bicyclic) bond motifs is 5. The quantitative estimate of drug-likeness (QED) is 0.336. The molecule has 2 heterocycles. The molecule has 7 nitrogen and oxygen atoms in total. The van der Waals surface area contributed by atoms with E-state index in [-0.39, 0.29) is 36.4 Å². The summed E-state index contributed by atoms with van der Waals surface area (Å²) in [7, 11) is 3.75. The number of aliphatic hydroxyl groups excluding tert-OH is 1. The highest BCUT2D eigenvalue weighted by atomic mass is 16.5. The number of aryl methyl sites for hydroxylation is 1. The Morgan fingerprint density at radius 1 is 1.02 bits per heavy atom. The summed E-state index contributed by atoms with van der Waals surface area (Å²) in [5.74, 6) is -0.518. The number of likely N-dealkylation sites (N-methyl/N-ethyl adjacent to an activating group) is 1. The van der Waals surface area contributed by atoms with Crippen molar-refractivity contribution in [1.29, 1.82) is 0 Å². The molecule has 220 valence electrons. The average molecular weight is 568 g/mol. The normalized spacial score (nSPS) is 19.0. The Labute approximate surface area is 248 Å². The van der Waals surface area contributed by atoms with Crippen LogP contribution in [0.15, 0.2) is 78.9 Å². The second-order valence-corrected chi connectivity index (χ2v) is 11.6. The van der Waals surface area contributed by atoms with Crippen molar-refractivity contribution < 1.29 is 19.4 Å². The fourth-order valence-electron chi connectivity index (χ4n) is 6.10. The van der Waals surface area contributed by atoms with Crippen LogP contribution in [0.25, 0.3) is 22.0 Å². The van der Waals surface area contributed by atoms with Crippen molar-refractivity contribution in [2.45, 2.75) is 45.4 Å². The number of para-hydroxylation sites is 1. The van der Waals surface area contributed by atoms with Gasteiger partial charge in [0.2, 0.25) is 5.91 Å². The molecule has 0 unspecified atom stereocenters. The molecule has 0 saturated carbocycles. The molecule has 5 rings (SSSR count). The number of rotatable bonds is 6. The lowest BCUT2D eigenvalue weighted by molar-refractivity contribution is -0.134. The van der Waals surface area contributed by atoms with Crippen LogP contribution in [0, 0.1) is 5.92 Å². The number of benzene rings is 3. The van der Waals surface area contributed by atoms with Crippen LogP contribution in [-0.4, -0.2) is 70.2 Å². The van der Waals surface area contributed by atoms with Gasteiger partial charge in [-0.1, -0.05) is 79.7 Å². The SMILES string of the molecule is C[C@H](C(=O)N(C)C[C@@H]1OCc2ccccc2-c2c(n(C)c3ccccc23)C(=O)N([C@H](C)CO)C[C@H]1C)c1ccccc1. The van der Waals surface area contributed by atoms with Crippen LogP contribution >= 0.6 is 0 Å². The van der Waals surface area contributed by atoms with Crippen molar-refractivity contribution in [3.8, 4) is 11.1 Å². The lowest BCUT2D eigenvalue weighted by Crippen LogP contribution is -2.48. The van der Waals surface area contributed by atoms with Gasteiger partial charge in [0.1, 0.15) is 5.69 Å². The van der Waals surface area contributed by atoms with Crippen LogP contribution in [0.1, 0.15) is 48.3 Å². The van der Waals surface area contributed by atoms with E-state index in [2.05, 4.69) is 13.0 Å². The van der Waals surface area contributed by atoms with E-state index in [9.17, 15) is 14.7 Å². The first-order chi connectivity index (χ1) is 20.2. The minimum atomic E-state index is -0.403. The van der Waals surface area contributed by atoms with Crippen molar-refractivity contribution in [2.75, 3.05) is 26.7 Å². The fourth-order valence-corrected chi connectivity index (χ4v) is 6.10. The predicted octanol–water partition coefficient (Wildman–Crippen LogP) is 5.47. The molecule has 0 bridgehead atoms. The van der Waals surface area contributed by atoms with E-state index in [1.54, 1.807) is 9.80 Å². The summed E-state index contributed by atoms with van der Waals surface area (Å²) >= 11 is 0. The van der Waals surface area contributed by atoms with E-state index in [1.165, 1.54) is 0 Å². The zero-order valence-electron chi connectivity index (χ0n) is 25.2. The summed E-state index contributed by atoms with van der Waals surface area (Å²) in [6.45, 7) is 6.79. The minimum Gasteiger partial charge on any atom is -0.394 e. The van der Waals surface area contributed by atoms with Gasteiger partial charge in [-0.2, -0.15) is 0 Å². The molecule has 0 fully saturated rings. The molecular weight excluding hydrogens is 526 g/mol.